The molecular weight excluding hydrogens is 192 g/mol. The van der Waals surface area contributed by atoms with Gasteiger partial charge in [0, 0.05) is 13.0 Å². The molecule has 0 radical (unpaired) electrons. The van der Waals surface area contributed by atoms with Crippen LogP contribution in [0.25, 0.3) is 0 Å². The minimum Gasteiger partial charge on any atom is -0.481 e. The Morgan fingerprint density at radius 1 is 1.40 bits per heavy atom. The van der Waals surface area contributed by atoms with Crippen molar-refractivity contribution < 1.29 is 14.6 Å². The fourth-order valence-electron chi connectivity index (χ4n) is 1.30. The Bertz CT molecular complexity index is 295. The highest BCUT2D eigenvalue weighted by Crippen LogP contribution is 2.15. The van der Waals surface area contributed by atoms with Crippen molar-refractivity contribution in [3.63, 3.8) is 0 Å². The molecule has 0 aliphatic rings. The van der Waals surface area contributed by atoms with E-state index >= 15 is 0 Å². The molecule has 0 heterocycles. The number of carboxylic acids is 1. The molecule has 1 atom stereocenters. The first-order valence-corrected chi connectivity index (χ1v) is 5.08. The zero-order chi connectivity index (χ0) is 11.1. The Labute approximate surface area is 89.7 Å². The van der Waals surface area contributed by atoms with E-state index < -0.39 is 5.97 Å². The molecule has 82 valence electrons. The maximum absolute atomic E-state index is 10.3. The molecule has 0 aliphatic heterocycles. The average molecular weight is 208 g/mol. The van der Waals surface area contributed by atoms with Gasteiger partial charge in [-0.1, -0.05) is 30.3 Å². The minimum atomic E-state index is -0.772. The molecule has 0 spiro atoms. The van der Waals surface area contributed by atoms with E-state index in [1.54, 1.807) is 0 Å². The maximum atomic E-state index is 10.3. The number of carbonyl (C=O) groups is 1. The Hall–Kier alpha value is -1.35. The van der Waals surface area contributed by atoms with Gasteiger partial charge in [-0.05, 0) is 18.9 Å². The van der Waals surface area contributed by atoms with Gasteiger partial charge in [0.2, 0.25) is 0 Å². The molecule has 3 nitrogen and oxygen atoms in total. The van der Waals surface area contributed by atoms with E-state index in [4.69, 9.17) is 9.84 Å². The Morgan fingerprint density at radius 3 is 2.67 bits per heavy atom. The summed E-state index contributed by atoms with van der Waals surface area (Å²) in [6.07, 6.45) is 0.758. The van der Waals surface area contributed by atoms with Crippen molar-refractivity contribution >= 4 is 5.97 Å². The van der Waals surface area contributed by atoms with Gasteiger partial charge in [-0.15, -0.1) is 0 Å². The van der Waals surface area contributed by atoms with Gasteiger partial charge in [-0.3, -0.25) is 4.79 Å². The van der Waals surface area contributed by atoms with E-state index in [2.05, 4.69) is 0 Å². The summed E-state index contributed by atoms with van der Waals surface area (Å²) in [5.74, 6) is -0.772. The zero-order valence-corrected chi connectivity index (χ0v) is 8.85. The third kappa shape index (κ3) is 4.61. The lowest BCUT2D eigenvalue weighted by Gasteiger charge is -2.12. The highest BCUT2D eigenvalue weighted by molar-refractivity contribution is 5.66. The van der Waals surface area contributed by atoms with Crippen LogP contribution in [0.5, 0.6) is 0 Å². The molecule has 15 heavy (non-hydrogen) atoms. The van der Waals surface area contributed by atoms with Gasteiger partial charge in [0.05, 0.1) is 6.10 Å². The second-order valence-electron chi connectivity index (χ2n) is 3.42. The topological polar surface area (TPSA) is 46.5 Å². The van der Waals surface area contributed by atoms with Crippen LogP contribution < -0.4 is 0 Å². The first kappa shape index (κ1) is 11.7. The van der Waals surface area contributed by atoms with Crippen LogP contribution in [0, 0.1) is 0 Å². The first-order chi connectivity index (χ1) is 7.20. The van der Waals surface area contributed by atoms with Crippen molar-refractivity contribution in [2.45, 2.75) is 25.9 Å². The highest BCUT2D eigenvalue weighted by atomic mass is 16.5. The van der Waals surface area contributed by atoms with Gasteiger partial charge in [-0.25, -0.2) is 0 Å². The number of hydrogen-bond donors (Lipinski definition) is 1. The predicted molar refractivity (Wildman–Crippen MR) is 57.7 cm³/mol. The van der Waals surface area contributed by atoms with Crippen LogP contribution in [-0.4, -0.2) is 17.7 Å². The lowest BCUT2D eigenvalue weighted by molar-refractivity contribution is -0.137. The summed E-state index contributed by atoms with van der Waals surface area (Å²) in [7, 11) is 0. The number of ether oxygens (including phenoxy) is 1. The molecule has 3 heteroatoms. The van der Waals surface area contributed by atoms with E-state index in [0.29, 0.717) is 13.0 Å². The van der Waals surface area contributed by atoms with E-state index in [-0.39, 0.29) is 12.5 Å². The lowest BCUT2D eigenvalue weighted by atomic mass is 10.1. The van der Waals surface area contributed by atoms with E-state index in [1.807, 2.05) is 37.3 Å². The molecule has 1 aromatic rings. The molecule has 1 rings (SSSR count). The second-order valence-corrected chi connectivity index (χ2v) is 3.42. The van der Waals surface area contributed by atoms with Crippen LogP contribution in [-0.2, 0) is 9.53 Å². The number of benzene rings is 1. The van der Waals surface area contributed by atoms with Crippen molar-refractivity contribution in [1.82, 2.24) is 0 Å². The fraction of sp³-hybridized carbons (Fsp3) is 0.417. The SMILES string of the molecule is CC(OCCCC(=O)O)c1ccccc1. The molecular formula is C12H16O3. The Balaban J connectivity index is 2.25. The van der Waals surface area contributed by atoms with Crippen molar-refractivity contribution in [3.8, 4) is 0 Å². The molecule has 1 N–H and O–H groups in total. The lowest BCUT2D eigenvalue weighted by Crippen LogP contribution is -2.03. The Kier molecular flexibility index (Phi) is 4.84. The summed E-state index contributed by atoms with van der Waals surface area (Å²) in [6, 6.07) is 9.89. The van der Waals surface area contributed by atoms with Crippen LogP contribution >= 0.6 is 0 Å². The van der Waals surface area contributed by atoms with Crippen molar-refractivity contribution in [2.75, 3.05) is 6.61 Å². The molecule has 0 amide bonds. The average Bonchev–Trinajstić information content (AvgIpc) is 2.25. The van der Waals surface area contributed by atoms with E-state index in [1.165, 1.54) is 0 Å². The third-order valence-corrected chi connectivity index (χ3v) is 2.17. The molecule has 0 saturated carbocycles. The third-order valence-electron chi connectivity index (χ3n) is 2.17. The standard InChI is InChI=1S/C12H16O3/c1-10(11-6-3-2-4-7-11)15-9-5-8-12(13)14/h2-4,6-7,10H,5,8-9H2,1H3,(H,13,14). The summed E-state index contributed by atoms with van der Waals surface area (Å²) in [6.45, 7) is 2.46. The van der Waals surface area contributed by atoms with E-state index in [9.17, 15) is 4.79 Å². The molecule has 0 aliphatic carbocycles. The summed E-state index contributed by atoms with van der Waals surface area (Å²) in [5, 5.41) is 8.44. The smallest absolute Gasteiger partial charge is 0.303 e. The van der Waals surface area contributed by atoms with Crippen LogP contribution in [0.15, 0.2) is 30.3 Å². The predicted octanol–water partition coefficient (Wildman–Crippen LogP) is 2.63. The monoisotopic (exact) mass is 208 g/mol. The molecule has 0 bridgehead atoms. The summed E-state index contributed by atoms with van der Waals surface area (Å²) < 4.78 is 5.52. The molecule has 1 aromatic carbocycles. The van der Waals surface area contributed by atoms with Gasteiger partial charge >= 0.3 is 5.97 Å². The van der Waals surface area contributed by atoms with Crippen LogP contribution in [0.4, 0.5) is 0 Å². The zero-order valence-electron chi connectivity index (χ0n) is 8.85. The van der Waals surface area contributed by atoms with Crippen molar-refractivity contribution in [1.29, 1.82) is 0 Å². The van der Waals surface area contributed by atoms with Crippen molar-refractivity contribution in [2.24, 2.45) is 0 Å². The molecule has 1 unspecified atom stereocenters. The van der Waals surface area contributed by atoms with Crippen LogP contribution in [0.2, 0.25) is 0 Å². The van der Waals surface area contributed by atoms with Gasteiger partial charge in [-0.2, -0.15) is 0 Å². The number of hydrogen-bond acceptors (Lipinski definition) is 2. The maximum Gasteiger partial charge on any atom is 0.303 e. The summed E-state index contributed by atoms with van der Waals surface area (Å²) in [5.41, 5.74) is 1.12. The van der Waals surface area contributed by atoms with Gasteiger partial charge in [0.15, 0.2) is 0 Å². The minimum absolute atomic E-state index is 0.0278. The second kappa shape index (κ2) is 6.19. The van der Waals surface area contributed by atoms with Gasteiger partial charge in [0.1, 0.15) is 0 Å². The summed E-state index contributed by atoms with van der Waals surface area (Å²) in [4.78, 5) is 10.3. The summed E-state index contributed by atoms with van der Waals surface area (Å²) >= 11 is 0. The van der Waals surface area contributed by atoms with Gasteiger partial charge in [0.25, 0.3) is 0 Å². The van der Waals surface area contributed by atoms with Crippen molar-refractivity contribution in [3.05, 3.63) is 35.9 Å². The van der Waals surface area contributed by atoms with Crippen LogP contribution in [0.3, 0.4) is 0 Å². The highest BCUT2D eigenvalue weighted by Gasteiger charge is 2.04. The number of rotatable bonds is 6. The molecule has 0 saturated heterocycles. The largest absolute Gasteiger partial charge is 0.481 e. The number of carboxylic acid groups (broad SMARTS) is 1. The van der Waals surface area contributed by atoms with E-state index in [0.717, 1.165) is 5.56 Å². The normalized spacial score (nSPS) is 12.3. The molecule has 0 fully saturated rings. The van der Waals surface area contributed by atoms with Gasteiger partial charge < -0.3 is 9.84 Å². The number of aliphatic carboxylic acids is 1. The fourth-order valence-corrected chi connectivity index (χ4v) is 1.30. The Morgan fingerprint density at radius 2 is 2.07 bits per heavy atom. The first-order valence-electron chi connectivity index (χ1n) is 5.08. The molecule has 0 aromatic heterocycles. The quantitative estimate of drug-likeness (QED) is 0.731. The van der Waals surface area contributed by atoms with Crippen LogP contribution in [0.1, 0.15) is 31.4 Å².